The van der Waals surface area contributed by atoms with Gasteiger partial charge in [-0.15, -0.1) is 0 Å². The molecular weight excluding hydrogens is 266 g/mol. The highest BCUT2D eigenvalue weighted by Crippen LogP contribution is 2.19. The van der Waals surface area contributed by atoms with Crippen molar-refractivity contribution < 1.29 is 14.3 Å². The maximum Gasteiger partial charge on any atom is 0.260 e. The molecule has 1 amide bonds. The van der Waals surface area contributed by atoms with Crippen LogP contribution in [0.1, 0.15) is 27.7 Å². The van der Waals surface area contributed by atoms with Gasteiger partial charge in [-0.3, -0.25) is 4.79 Å². The van der Waals surface area contributed by atoms with Gasteiger partial charge in [0.1, 0.15) is 11.5 Å². The van der Waals surface area contributed by atoms with Crippen LogP contribution in [-0.4, -0.2) is 37.6 Å². The maximum absolute atomic E-state index is 12.3. The zero-order valence-electron chi connectivity index (χ0n) is 13.8. The summed E-state index contributed by atoms with van der Waals surface area (Å²) in [7, 11) is 1.61. The van der Waals surface area contributed by atoms with Crippen molar-refractivity contribution in [3.63, 3.8) is 0 Å². The monoisotopic (exact) mass is 293 g/mol. The van der Waals surface area contributed by atoms with E-state index in [0.717, 1.165) is 18.8 Å². The first kappa shape index (κ1) is 17.3. The molecule has 1 rings (SSSR count). The van der Waals surface area contributed by atoms with Crippen LogP contribution in [0.2, 0.25) is 0 Å². The van der Waals surface area contributed by atoms with Gasteiger partial charge >= 0.3 is 0 Å². The van der Waals surface area contributed by atoms with Crippen LogP contribution in [0.5, 0.6) is 11.5 Å². The van der Waals surface area contributed by atoms with Crippen LogP contribution in [0.25, 0.3) is 0 Å². The molecular formula is C17H27NO3. The second kappa shape index (κ2) is 8.55. The summed E-state index contributed by atoms with van der Waals surface area (Å²) in [5.41, 5.74) is 0. The average Bonchev–Trinajstić information content (AvgIpc) is 2.43. The highest BCUT2D eigenvalue weighted by molar-refractivity contribution is 5.77. The van der Waals surface area contributed by atoms with E-state index < -0.39 is 0 Å². The fraction of sp³-hybridized carbons (Fsp3) is 0.588. The Bertz CT molecular complexity index is 433. The van der Waals surface area contributed by atoms with Crippen molar-refractivity contribution in [1.82, 2.24) is 4.90 Å². The number of hydrogen-bond acceptors (Lipinski definition) is 3. The molecule has 0 aromatic heterocycles. The van der Waals surface area contributed by atoms with Crippen molar-refractivity contribution in [2.45, 2.75) is 27.7 Å². The number of methoxy groups -OCH3 is 1. The smallest absolute Gasteiger partial charge is 0.260 e. The fourth-order valence-electron chi connectivity index (χ4n) is 2.09. The number of hydrogen-bond donors (Lipinski definition) is 0. The first-order valence-corrected chi connectivity index (χ1v) is 7.47. The Balaban J connectivity index is 2.59. The summed E-state index contributed by atoms with van der Waals surface area (Å²) in [5, 5.41) is 0. The standard InChI is InChI=1S/C17H27NO3/c1-13(2)10-18(11-14(3)4)17(19)12-21-16-8-6-7-15(9-16)20-5/h6-9,13-14H,10-12H2,1-5H3. The fourth-order valence-corrected chi connectivity index (χ4v) is 2.09. The molecule has 1 aromatic carbocycles. The van der Waals surface area contributed by atoms with Crippen LogP contribution in [-0.2, 0) is 4.79 Å². The summed E-state index contributed by atoms with van der Waals surface area (Å²) in [4.78, 5) is 14.2. The Morgan fingerprint density at radius 2 is 1.67 bits per heavy atom. The third kappa shape index (κ3) is 6.52. The van der Waals surface area contributed by atoms with Gasteiger partial charge in [0.05, 0.1) is 7.11 Å². The van der Waals surface area contributed by atoms with Gasteiger partial charge in [0.25, 0.3) is 5.91 Å². The lowest BCUT2D eigenvalue weighted by molar-refractivity contribution is -0.134. The van der Waals surface area contributed by atoms with Crippen molar-refractivity contribution >= 4 is 5.91 Å². The van der Waals surface area contributed by atoms with Gasteiger partial charge < -0.3 is 14.4 Å². The van der Waals surface area contributed by atoms with Crippen molar-refractivity contribution in [1.29, 1.82) is 0 Å². The molecule has 0 fully saturated rings. The van der Waals surface area contributed by atoms with E-state index in [1.54, 1.807) is 13.2 Å². The molecule has 0 saturated carbocycles. The van der Waals surface area contributed by atoms with Crippen molar-refractivity contribution in [2.75, 3.05) is 26.8 Å². The minimum absolute atomic E-state index is 0.0280. The molecule has 4 nitrogen and oxygen atoms in total. The van der Waals surface area contributed by atoms with Crippen LogP contribution >= 0.6 is 0 Å². The Hall–Kier alpha value is -1.71. The second-order valence-corrected chi connectivity index (χ2v) is 6.05. The number of amides is 1. The minimum Gasteiger partial charge on any atom is -0.497 e. The van der Waals surface area contributed by atoms with Gasteiger partial charge in [-0.1, -0.05) is 33.8 Å². The molecule has 0 radical (unpaired) electrons. The minimum atomic E-state index is 0.0280. The van der Waals surface area contributed by atoms with Gasteiger partial charge in [-0.05, 0) is 24.0 Å². The number of benzene rings is 1. The highest BCUT2D eigenvalue weighted by Gasteiger charge is 2.16. The van der Waals surface area contributed by atoms with Crippen LogP contribution in [0.4, 0.5) is 0 Å². The van der Waals surface area contributed by atoms with Gasteiger partial charge in [0.2, 0.25) is 0 Å². The quantitative estimate of drug-likeness (QED) is 0.738. The van der Waals surface area contributed by atoms with Gasteiger partial charge in [0.15, 0.2) is 6.61 Å². The molecule has 21 heavy (non-hydrogen) atoms. The van der Waals surface area contributed by atoms with E-state index in [1.165, 1.54) is 0 Å². The van der Waals surface area contributed by atoms with E-state index in [-0.39, 0.29) is 12.5 Å². The van der Waals surface area contributed by atoms with Crippen molar-refractivity contribution in [3.8, 4) is 11.5 Å². The van der Waals surface area contributed by atoms with Crippen LogP contribution < -0.4 is 9.47 Å². The lowest BCUT2D eigenvalue weighted by Crippen LogP contribution is -2.39. The molecule has 0 aliphatic carbocycles. The average molecular weight is 293 g/mol. The van der Waals surface area contributed by atoms with E-state index >= 15 is 0 Å². The SMILES string of the molecule is COc1cccc(OCC(=O)N(CC(C)C)CC(C)C)c1. The lowest BCUT2D eigenvalue weighted by atomic mass is 10.1. The van der Waals surface area contributed by atoms with E-state index in [4.69, 9.17) is 9.47 Å². The summed E-state index contributed by atoms with van der Waals surface area (Å²) >= 11 is 0. The summed E-state index contributed by atoms with van der Waals surface area (Å²) in [5.74, 6) is 2.30. The molecule has 0 saturated heterocycles. The summed E-state index contributed by atoms with van der Waals surface area (Å²) in [6, 6.07) is 7.30. The van der Waals surface area contributed by atoms with Gasteiger partial charge in [0, 0.05) is 19.2 Å². The topological polar surface area (TPSA) is 38.8 Å². The normalized spacial score (nSPS) is 10.8. The summed E-state index contributed by atoms with van der Waals surface area (Å²) in [6.07, 6.45) is 0. The van der Waals surface area contributed by atoms with Crippen molar-refractivity contribution in [3.05, 3.63) is 24.3 Å². The summed E-state index contributed by atoms with van der Waals surface area (Å²) in [6.45, 7) is 10.0. The molecule has 0 spiro atoms. The number of carbonyl (C=O) groups excluding carboxylic acids is 1. The third-order valence-corrected chi connectivity index (χ3v) is 2.93. The molecule has 0 aliphatic heterocycles. The molecule has 0 N–H and O–H groups in total. The van der Waals surface area contributed by atoms with E-state index in [9.17, 15) is 4.79 Å². The maximum atomic E-state index is 12.3. The van der Waals surface area contributed by atoms with Gasteiger partial charge in [-0.2, -0.15) is 0 Å². The Labute approximate surface area is 128 Å². The third-order valence-electron chi connectivity index (χ3n) is 2.93. The Morgan fingerprint density at radius 1 is 1.10 bits per heavy atom. The number of rotatable bonds is 8. The molecule has 118 valence electrons. The number of carbonyl (C=O) groups is 1. The first-order valence-electron chi connectivity index (χ1n) is 7.47. The van der Waals surface area contributed by atoms with E-state index in [0.29, 0.717) is 17.6 Å². The summed E-state index contributed by atoms with van der Waals surface area (Å²) < 4.78 is 10.7. The second-order valence-electron chi connectivity index (χ2n) is 6.05. The zero-order valence-corrected chi connectivity index (χ0v) is 13.8. The lowest BCUT2D eigenvalue weighted by Gasteiger charge is -2.26. The molecule has 1 aromatic rings. The predicted octanol–water partition coefficient (Wildman–Crippen LogP) is 3.21. The van der Waals surface area contributed by atoms with E-state index in [2.05, 4.69) is 27.7 Å². The molecule has 0 bridgehead atoms. The largest absolute Gasteiger partial charge is 0.497 e. The van der Waals surface area contributed by atoms with Gasteiger partial charge in [-0.25, -0.2) is 0 Å². The van der Waals surface area contributed by atoms with Crippen LogP contribution in [0, 0.1) is 11.8 Å². The Morgan fingerprint density at radius 3 is 2.19 bits per heavy atom. The van der Waals surface area contributed by atoms with E-state index in [1.807, 2.05) is 23.1 Å². The van der Waals surface area contributed by atoms with Crippen molar-refractivity contribution in [2.24, 2.45) is 11.8 Å². The van der Waals surface area contributed by atoms with Crippen LogP contribution in [0.15, 0.2) is 24.3 Å². The highest BCUT2D eigenvalue weighted by atomic mass is 16.5. The first-order chi connectivity index (χ1) is 9.92. The number of ether oxygens (including phenoxy) is 2. The number of nitrogens with zero attached hydrogens (tertiary/aromatic N) is 1. The van der Waals surface area contributed by atoms with Crippen LogP contribution in [0.3, 0.4) is 0 Å². The molecule has 0 atom stereocenters. The molecule has 0 aliphatic rings. The molecule has 0 heterocycles. The predicted molar refractivity (Wildman–Crippen MR) is 84.7 cm³/mol. The zero-order chi connectivity index (χ0) is 15.8. The molecule has 0 unspecified atom stereocenters. The Kier molecular flexibility index (Phi) is 7.06. The molecule has 4 heteroatoms.